The standard InChI is InChI=1S/C20H15F3N2O4/c1-2-29-19(28)14-10-24-16-9-11(20(21,22)23)7-8-12(16)17(14)25-15-6-4-3-5-13(15)18(26)27/h3-10H,2H2,1H3,(H,24,25)(H,26,27)/p-1. The zero-order valence-corrected chi connectivity index (χ0v) is 15.0. The van der Waals surface area contributed by atoms with E-state index in [1.54, 1.807) is 13.0 Å². The van der Waals surface area contributed by atoms with Crippen molar-refractivity contribution in [2.75, 3.05) is 11.9 Å². The highest BCUT2D eigenvalue weighted by molar-refractivity contribution is 6.07. The summed E-state index contributed by atoms with van der Waals surface area (Å²) in [5.74, 6) is -2.21. The van der Waals surface area contributed by atoms with Gasteiger partial charge in [0.25, 0.3) is 0 Å². The number of nitrogens with zero attached hydrogens (tertiary/aromatic N) is 1. The number of aromatic carboxylic acids is 1. The maximum atomic E-state index is 13.0. The highest BCUT2D eigenvalue weighted by Gasteiger charge is 2.31. The Labute approximate surface area is 162 Å². The highest BCUT2D eigenvalue weighted by Crippen LogP contribution is 2.35. The predicted molar refractivity (Wildman–Crippen MR) is 96.8 cm³/mol. The molecule has 3 rings (SSSR count). The second kappa shape index (κ2) is 7.78. The molecule has 6 nitrogen and oxygen atoms in total. The first kappa shape index (κ1) is 20.1. The Morgan fingerprint density at radius 1 is 1.14 bits per heavy atom. The third kappa shape index (κ3) is 4.13. The first-order valence-corrected chi connectivity index (χ1v) is 8.47. The lowest BCUT2D eigenvalue weighted by Crippen LogP contribution is -2.23. The van der Waals surface area contributed by atoms with Crippen LogP contribution in [-0.4, -0.2) is 23.5 Å². The molecule has 0 bridgehead atoms. The molecule has 0 aliphatic heterocycles. The van der Waals surface area contributed by atoms with E-state index in [1.807, 2.05) is 0 Å². The molecule has 1 heterocycles. The minimum absolute atomic E-state index is 0.0266. The number of fused-ring (bicyclic) bond motifs is 1. The average Bonchev–Trinajstić information content (AvgIpc) is 2.67. The zero-order chi connectivity index (χ0) is 21.2. The van der Waals surface area contributed by atoms with Gasteiger partial charge in [0.1, 0.15) is 5.56 Å². The second-order valence-corrected chi connectivity index (χ2v) is 5.96. The molecular weight excluding hydrogens is 389 g/mol. The van der Waals surface area contributed by atoms with Gasteiger partial charge >= 0.3 is 12.1 Å². The molecule has 1 aromatic heterocycles. The molecule has 0 saturated carbocycles. The summed E-state index contributed by atoms with van der Waals surface area (Å²) in [4.78, 5) is 27.7. The van der Waals surface area contributed by atoms with Crippen molar-refractivity contribution in [3.8, 4) is 0 Å². The number of carboxylic acid groups (broad SMARTS) is 1. The monoisotopic (exact) mass is 403 g/mol. The molecule has 0 fully saturated rings. The third-order valence-corrected chi connectivity index (χ3v) is 4.10. The quantitative estimate of drug-likeness (QED) is 0.656. The maximum absolute atomic E-state index is 13.0. The van der Waals surface area contributed by atoms with Gasteiger partial charge in [-0.05, 0) is 25.1 Å². The molecule has 1 N–H and O–H groups in total. The molecule has 0 aliphatic rings. The van der Waals surface area contributed by atoms with E-state index in [9.17, 15) is 27.9 Å². The number of alkyl halides is 3. The van der Waals surface area contributed by atoms with E-state index in [1.165, 1.54) is 18.2 Å². The van der Waals surface area contributed by atoms with Crippen LogP contribution < -0.4 is 10.4 Å². The van der Waals surface area contributed by atoms with Crippen molar-refractivity contribution in [2.45, 2.75) is 13.1 Å². The molecule has 0 radical (unpaired) electrons. The summed E-state index contributed by atoms with van der Waals surface area (Å²) in [6, 6.07) is 8.66. The lowest BCUT2D eigenvalue weighted by atomic mass is 10.1. The van der Waals surface area contributed by atoms with Gasteiger partial charge in [0.05, 0.1) is 29.3 Å². The topological polar surface area (TPSA) is 91.3 Å². The molecule has 2 aromatic carbocycles. The Bertz CT molecular complexity index is 1100. The van der Waals surface area contributed by atoms with Crippen LogP contribution in [0.25, 0.3) is 10.9 Å². The van der Waals surface area contributed by atoms with Crippen LogP contribution in [0.3, 0.4) is 0 Å². The number of anilines is 2. The van der Waals surface area contributed by atoms with Gasteiger partial charge in [-0.1, -0.05) is 24.3 Å². The largest absolute Gasteiger partial charge is 0.545 e. The number of rotatable bonds is 5. The van der Waals surface area contributed by atoms with Gasteiger partial charge in [0, 0.05) is 22.8 Å². The number of aromatic nitrogens is 1. The minimum Gasteiger partial charge on any atom is -0.545 e. The number of esters is 1. The van der Waals surface area contributed by atoms with E-state index in [0.717, 1.165) is 24.4 Å². The summed E-state index contributed by atoms with van der Waals surface area (Å²) in [5, 5.41) is 14.4. The van der Waals surface area contributed by atoms with Gasteiger partial charge in [0.2, 0.25) is 0 Å². The number of carbonyl (C=O) groups excluding carboxylic acids is 2. The Kier molecular flexibility index (Phi) is 5.40. The summed E-state index contributed by atoms with van der Waals surface area (Å²) < 4.78 is 44.1. The van der Waals surface area contributed by atoms with Crippen LogP contribution in [0.2, 0.25) is 0 Å². The van der Waals surface area contributed by atoms with Gasteiger partial charge in [-0.15, -0.1) is 0 Å². The van der Waals surface area contributed by atoms with E-state index in [-0.39, 0.29) is 40.0 Å². The molecular formula is C20H14F3N2O4-. The zero-order valence-electron chi connectivity index (χ0n) is 15.0. The lowest BCUT2D eigenvalue weighted by Gasteiger charge is -2.17. The minimum atomic E-state index is -4.56. The molecule has 9 heteroatoms. The van der Waals surface area contributed by atoms with Gasteiger partial charge in [-0.3, -0.25) is 4.98 Å². The van der Waals surface area contributed by atoms with E-state index >= 15 is 0 Å². The molecule has 3 aromatic rings. The van der Waals surface area contributed by atoms with E-state index in [2.05, 4.69) is 10.3 Å². The van der Waals surface area contributed by atoms with Crippen molar-refractivity contribution >= 4 is 34.2 Å². The molecule has 0 saturated heterocycles. The van der Waals surface area contributed by atoms with Gasteiger partial charge < -0.3 is 20.0 Å². The number of benzene rings is 2. The van der Waals surface area contributed by atoms with Crippen LogP contribution >= 0.6 is 0 Å². The molecule has 29 heavy (non-hydrogen) atoms. The molecule has 0 amide bonds. The summed E-state index contributed by atoms with van der Waals surface area (Å²) in [7, 11) is 0. The number of nitrogens with one attached hydrogen (secondary N) is 1. The fourth-order valence-corrected chi connectivity index (χ4v) is 2.77. The number of para-hydroxylation sites is 1. The summed E-state index contributed by atoms with van der Waals surface area (Å²) in [5.41, 5.74) is -0.975. The number of ether oxygens (including phenoxy) is 1. The fourth-order valence-electron chi connectivity index (χ4n) is 2.77. The van der Waals surface area contributed by atoms with Crippen molar-refractivity contribution in [3.63, 3.8) is 0 Å². The number of halogens is 3. The van der Waals surface area contributed by atoms with Crippen LogP contribution in [0.1, 0.15) is 33.2 Å². The highest BCUT2D eigenvalue weighted by atomic mass is 19.4. The van der Waals surface area contributed by atoms with Crippen LogP contribution in [0.4, 0.5) is 24.5 Å². The third-order valence-electron chi connectivity index (χ3n) is 4.10. The fraction of sp³-hybridized carbons (Fsp3) is 0.150. The summed E-state index contributed by atoms with van der Waals surface area (Å²) in [6.07, 6.45) is -3.48. The molecule has 0 spiro atoms. The first-order valence-electron chi connectivity index (χ1n) is 8.47. The molecule has 0 unspecified atom stereocenters. The Morgan fingerprint density at radius 3 is 2.52 bits per heavy atom. The van der Waals surface area contributed by atoms with Crippen molar-refractivity contribution in [1.82, 2.24) is 4.98 Å². The number of carboxylic acids is 1. The Balaban J connectivity index is 2.22. The first-order chi connectivity index (χ1) is 13.7. The van der Waals surface area contributed by atoms with Crippen molar-refractivity contribution < 1.29 is 32.6 Å². The van der Waals surface area contributed by atoms with E-state index < -0.39 is 23.7 Å². The van der Waals surface area contributed by atoms with Gasteiger partial charge in [-0.2, -0.15) is 13.2 Å². The van der Waals surface area contributed by atoms with E-state index in [4.69, 9.17) is 4.74 Å². The van der Waals surface area contributed by atoms with E-state index in [0.29, 0.717) is 0 Å². The predicted octanol–water partition coefficient (Wildman–Crippen LogP) is 3.54. The molecule has 0 atom stereocenters. The van der Waals surface area contributed by atoms with Gasteiger partial charge in [-0.25, -0.2) is 4.79 Å². The van der Waals surface area contributed by atoms with Crippen molar-refractivity contribution in [3.05, 3.63) is 65.4 Å². The SMILES string of the molecule is CCOC(=O)c1cnc2cc(C(F)(F)F)ccc2c1Nc1ccccc1C(=O)[O-]. The number of hydrogen-bond donors (Lipinski definition) is 1. The van der Waals surface area contributed by atoms with Crippen LogP contribution in [-0.2, 0) is 10.9 Å². The second-order valence-electron chi connectivity index (χ2n) is 5.96. The maximum Gasteiger partial charge on any atom is 0.416 e. The van der Waals surface area contributed by atoms with Crippen LogP contribution in [0, 0.1) is 0 Å². The number of pyridine rings is 1. The smallest absolute Gasteiger partial charge is 0.416 e. The van der Waals surface area contributed by atoms with Crippen molar-refractivity contribution in [2.24, 2.45) is 0 Å². The number of carbonyl (C=O) groups is 2. The van der Waals surface area contributed by atoms with Crippen LogP contribution in [0.5, 0.6) is 0 Å². The number of hydrogen-bond acceptors (Lipinski definition) is 6. The molecule has 0 aliphatic carbocycles. The summed E-state index contributed by atoms with van der Waals surface area (Å²) >= 11 is 0. The van der Waals surface area contributed by atoms with Crippen molar-refractivity contribution in [1.29, 1.82) is 0 Å². The lowest BCUT2D eigenvalue weighted by molar-refractivity contribution is -0.254. The molecule has 150 valence electrons. The summed E-state index contributed by atoms with van der Waals surface area (Å²) in [6.45, 7) is 1.67. The Morgan fingerprint density at radius 2 is 1.86 bits per heavy atom. The normalized spacial score (nSPS) is 11.3. The average molecular weight is 403 g/mol. The van der Waals surface area contributed by atoms with Crippen LogP contribution in [0.15, 0.2) is 48.7 Å². The Hall–Kier alpha value is -3.62. The van der Waals surface area contributed by atoms with Gasteiger partial charge in [0.15, 0.2) is 0 Å².